The Balaban J connectivity index is 1.85. The molecule has 0 heterocycles. The zero-order valence-corrected chi connectivity index (χ0v) is 18.6. The molecule has 0 bridgehead atoms. The van der Waals surface area contributed by atoms with E-state index in [9.17, 15) is 14.4 Å². The predicted octanol–water partition coefficient (Wildman–Crippen LogP) is 3.49. The highest BCUT2D eigenvalue weighted by Crippen LogP contribution is 2.37. The second-order valence-electron chi connectivity index (χ2n) is 6.75. The molecule has 0 saturated heterocycles. The van der Waals surface area contributed by atoms with Gasteiger partial charge in [0.1, 0.15) is 6.61 Å². The van der Waals surface area contributed by atoms with E-state index in [1.807, 2.05) is 30.3 Å². The Kier molecular flexibility index (Phi) is 7.11. The van der Waals surface area contributed by atoms with E-state index in [-0.39, 0.29) is 22.4 Å². The average molecular weight is 498 g/mol. The maximum atomic E-state index is 12.8. The Labute approximate surface area is 192 Å². The van der Waals surface area contributed by atoms with Crippen molar-refractivity contribution in [1.82, 2.24) is 0 Å². The Morgan fingerprint density at radius 2 is 1.53 bits per heavy atom. The van der Waals surface area contributed by atoms with Gasteiger partial charge in [0.2, 0.25) is 11.8 Å². The molecule has 0 fully saturated rings. The molecule has 0 spiro atoms. The van der Waals surface area contributed by atoms with Gasteiger partial charge in [-0.15, -0.1) is 0 Å². The van der Waals surface area contributed by atoms with Gasteiger partial charge in [0, 0.05) is 22.4 Å². The molecule has 5 N–H and O–H groups in total. The van der Waals surface area contributed by atoms with Crippen molar-refractivity contribution in [2.75, 3.05) is 12.4 Å². The lowest BCUT2D eigenvalue weighted by molar-refractivity contribution is 0.0994. The van der Waals surface area contributed by atoms with Crippen LogP contribution in [0.1, 0.15) is 36.6 Å². The van der Waals surface area contributed by atoms with Crippen LogP contribution >= 0.6 is 15.9 Å². The summed E-state index contributed by atoms with van der Waals surface area (Å²) in [6, 6.07) is 16.7. The van der Waals surface area contributed by atoms with Crippen molar-refractivity contribution in [2.45, 2.75) is 6.61 Å². The van der Waals surface area contributed by atoms with Crippen LogP contribution in [0, 0.1) is 0 Å². The Hall–Kier alpha value is -3.85. The first-order valence-electron chi connectivity index (χ1n) is 9.38. The van der Waals surface area contributed by atoms with Crippen LogP contribution in [0.5, 0.6) is 11.5 Å². The summed E-state index contributed by atoms with van der Waals surface area (Å²) < 4.78 is 11.8. The summed E-state index contributed by atoms with van der Waals surface area (Å²) in [7, 11) is 1.47. The van der Waals surface area contributed by atoms with Gasteiger partial charge in [-0.3, -0.25) is 14.4 Å². The van der Waals surface area contributed by atoms with E-state index in [0.717, 1.165) is 5.56 Å². The van der Waals surface area contributed by atoms with Gasteiger partial charge in [-0.25, -0.2) is 0 Å². The fraction of sp³-hybridized carbons (Fsp3) is 0.0870. The first-order chi connectivity index (χ1) is 15.3. The second kappa shape index (κ2) is 9.97. The SMILES string of the molecule is COc1cc(C(=O)Nc2cc(C(N)=O)cc(C(N)=O)c2)cc(Br)c1OCc1ccccc1. The minimum Gasteiger partial charge on any atom is -0.493 e. The van der Waals surface area contributed by atoms with Crippen LogP contribution in [0.2, 0.25) is 0 Å². The van der Waals surface area contributed by atoms with Gasteiger partial charge in [-0.1, -0.05) is 30.3 Å². The lowest BCUT2D eigenvalue weighted by atomic mass is 10.1. The Morgan fingerprint density at radius 3 is 2.09 bits per heavy atom. The molecule has 0 aliphatic rings. The van der Waals surface area contributed by atoms with Gasteiger partial charge >= 0.3 is 0 Å². The normalized spacial score (nSPS) is 10.3. The molecule has 0 unspecified atom stereocenters. The summed E-state index contributed by atoms with van der Waals surface area (Å²) in [4.78, 5) is 35.9. The van der Waals surface area contributed by atoms with Crippen LogP contribution < -0.4 is 26.3 Å². The standard InChI is InChI=1S/C23H20BrN3O5/c1-31-19-11-16(10-18(24)20(19)32-12-13-5-3-2-4-6-13)23(30)27-17-8-14(21(25)28)7-15(9-17)22(26)29/h2-11H,12H2,1H3,(H2,25,28)(H2,26,29)(H,27,30). The number of nitrogens with one attached hydrogen (secondary N) is 1. The molecule has 0 radical (unpaired) electrons. The van der Waals surface area contributed by atoms with Crippen molar-refractivity contribution in [3.05, 3.63) is 87.4 Å². The third-order valence-electron chi connectivity index (χ3n) is 4.48. The minimum absolute atomic E-state index is 0.0417. The molecule has 3 aromatic rings. The number of nitrogens with two attached hydrogens (primary N) is 2. The van der Waals surface area contributed by atoms with Crippen molar-refractivity contribution in [1.29, 1.82) is 0 Å². The van der Waals surface area contributed by atoms with E-state index in [1.165, 1.54) is 31.4 Å². The fourth-order valence-corrected chi connectivity index (χ4v) is 3.46. The van der Waals surface area contributed by atoms with Gasteiger partial charge in [0.05, 0.1) is 11.6 Å². The second-order valence-corrected chi connectivity index (χ2v) is 7.60. The number of anilines is 1. The van der Waals surface area contributed by atoms with Crippen LogP contribution in [0.15, 0.2) is 65.1 Å². The van der Waals surface area contributed by atoms with Crippen molar-refractivity contribution >= 4 is 39.3 Å². The number of hydrogen-bond donors (Lipinski definition) is 3. The largest absolute Gasteiger partial charge is 0.493 e. The summed E-state index contributed by atoms with van der Waals surface area (Å²) in [5, 5.41) is 2.63. The molecule has 8 nitrogen and oxygen atoms in total. The molecule has 0 atom stereocenters. The number of methoxy groups -OCH3 is 1. The molecule has 9 heteroatoms. The number of carbonyl (C=O) groups is 3. The number of rotatable bonds is 8. The Bertz CT molecular complexity index is 1150. The van der Waals surface area contributed by atoms with Crippen LogP contribution in [-0.2, 0) is 6.61 Å². The number of halogens is 1. The zero-order valence-electron chi connectivity index (χ0n) is 17.1. The number of carbonyl (C=O) groups excluding carboxylic acids is 3. The van der Waals surface area contributed by atoms with Crippen molar-refractivity contribution in [2.24, 2.45) is 11.5 Å². The quantitative estimate of drug-likeness (QED) is 0.437. The first-order valence-corrected chi connectivity index (χ1v) is 10.2. The lowest BCUT2D eigenvalue weighted by Crippen LogP contribution is -2.18. The molecular weight excluding hydrogens is 478 g/mol. The molecule has 3 aromatic carbocycles. The lowest BCUT2D eigenvalue weighted by Gasteiger charge is -2.15. The molecule has 0 aromatic heterocycles. The van der Waals surface area contributed by atoms with Gasteiger partial charge < -0.3 is 26.3 Å². The topological polar surface area (TPSA) is 134 Å². The molecule has 164 valence electrons. The third-order valence-corrected chi connectivity index (χ3v) is 5.07. The van der Waals surface area contributed by atoms with Crippen molar-refractivity contribution in [3.63, 3.8) is 0 Å². The molecule has 32 heavy (non-hydrogen) atoms. The number of ether oxygens (including phenoxy) is 2. The van der Waals surface area contributed by atoms with E-state index in [2.05, 4.69) is 21.2 Å². The summed E-state index contributed by atoms with van der Waals surface area (Å²) >= 11 is 3.42. The van der Waals surface area contributed by atoms with Gasteiger partial charge in [-0.2, -0.15) is 0 Å². The highest BCUT2D eigenvalue weighted by molar-refractivity contribution is 9.10. The summed E-state index contributed by atoms with van der Waals surface area (Å²) in [5.41, 5.74) is 12.1. The van der Waals surface area contributed by atoms with Crippen molar-refractivity contribution < 1.29 is 23.9 Å². The van der Waals surface area contributed by atoms with Crippen LogP contribution in [0.3, 0.4) is 0 Å². The Morgan fingerprint density at radius 1 is 0.906 bits per heavy atom. The predicted molar refractivity (Wildman–Crippen MR) is 123 cm³/mol. The fourth-order valence-electron chi connectivity index (χ4n) is 2.91. The molecule has 0 aliphatic carbocycles. The summed E-state index contributed by atoms with van der Waals surface area (Å²) in [5.74, 6) is -1.22. The summed E-state index contributed by atoms with van der Waals surface area (Å²) in [6.45, 7) is 0.317. The number of primary amides is 2. The van der Waals surface area contributed by atoms with Crippen LogP contribution in [-0.4, -0.2) is 24.8 Å². The van der Waals surface area contributed by atoms with E-state index in [4.69, 9.17) is 20.9 Å². The van der Waals surface area contributed by atoms with E-state index < -0.39 is 17.7 Å². The first kappa shape index (κ1) is 22.8. The van der Waals surface area contributed by atoms with Gasteiger partial charge in [0.25, 0.3) is 5.91 Å². The zero-order chi connectivity index (χ0) is 23.3. The molecule has 3 rings (SSSR count). The minimum atomic E-state index is -0.757. The maximum absolute atomic E-state index is 12.8. The van der Waals surface area contributed by atoms with Gasteiger partial charge in [-0.05, 0) is 51.8 Å². The van der Waals surface area contributed by atoms with Gasteiger partial charge in [0.15, 0.2) is 11.5 Å². The monoisotopic (exact) mass is 497 g/mol. The van der Waals surface area contributed by atoms with E-state index in [0.29, 0.717) is 22.6 Å². The number of amides is 3. The molecule has 3 amide bonds. The van der Waals surface area contributed by atoms with Crippen LogP contribution in [0.4, 0.5) is 5.69 Å². The van der Waals surface area contributed by atoms with E-state index >= 15 is 0 Å². The molecular formula is C23H20BrN3O5. The van der Waals surface area contributed by atoms with E-state index in [1.54, 1.807) is 6.07 Å². The smallest absolute Gasteiger partial charge is 0.255 e. The summed E-state index contributed by atoms with van der Waals surface area (Å²) in [6.07, 6.45) is 0. The number of hydrogen-bond acceptors (Lipinski definition) is 5. The molecule has 0 aliphatic heterocycles. The van der Waals surface area contributed by atoms with Crippen molar-refractivity contribution in [3.8, 4) is 11.5 Å². The third kappa shape index (κ3) is 5.44. The highest BCUT2D eigenvalue weighted by Gasteiger charge is 2.17. The average Bonchev–Trinajstić information content (AvgIpc) is 2.78. The molecule has 0 saturated carbocycles. The highest BCUT2D eigenvalue weighted by atomic mass is 79.9. The number of benzene rings is 3. The van der Waals surface area contributed by atoms with Crippen LogP contribution in [0.25, 0.3) is 0 Å². The maximum Gasteiger partial charge on any atom is 0.255 e.